The van der Waals surface area contributed by atoms with Gasteiger partial charge in [-0.1, -0.05) is 52.5 Å². The summed E-state index contributed by atoms with van der Waals surface area (Å²) >= 11 is 0. The van der Waals surface area contributed by atoms with Gasteiger partial charge in [-0.2, -0.15) is 5.10 Å². The molecule has 17 heavy (non-hydrogen) atoms. The lowest BCUT2D eigenvalue weighted by Crippen LogP contribution is -2.09. The largest absolute Gasteiger partial charge is 0.266 e. The molecule has 96 valence electrons. The molecule has 0 aliphatic carbocycles. The summed E-state index contributed by atoms with van der Waals surface area (Å²) in [6, 6.07) is 2.02. The molecular formula is C15H26N2. The zero-order valence-electron chi connectivity index (χ0n) is 11.4. The third kappa shape index (κ3) is 4.76. The van der Waals surface area contributed by atoms with Crippen molar-refractivity contribution >= 4 is 6.08 Å². The van der Waals surface area contributed by atoms with Crippen molar-refractivity contribution in [1.82, 2.24) is 9.78 Å². The number of rotatable bonds is 9. The first kappa shape index (κ1) is 14.0. The minimum Gasteiger partial charge on any atom is -0.266 e. The molecule has 1 unspecified atom stereocenters. The third-order valence-corrected chi connectivity index (χ3v) is 3.37. The average molecular weight is 234 g/mol. The van der Waals surface area contributed by atoms with Gasteiger partial charge >= 0.3 is 0 Å². The highest BCUT2D eigenvalue weighted by Crippen LogP contribution is 2.19. The maximum atomic E-state index is 4.34. The fourth-order valence-electron chi connectivity index (χ4n) is 2.34. The molecule has 2 heteroatoms. The number of aromatic nitrogens is 2. The van der Waals surface area contributed by atoms with Gasteiger partial charge < -0.3 is 0 Å². The lowest BCUT2D eigenvalue weighted by atomic mass is 9.94. The summed E-state index contributed by atoms with van der Waals surface area (Å²) in [5.41, 5.74) is 1.13. The van der Waals surface area contributed by atoms with Crippen molar-refractivity contribution in [1.29, 1.82) is 0 Å². The van der Waals surface area contributed by atoms with E-state index in [1.165, 1.54) is 38.5 Å². The first-order valence-electron chi connectivity index (χ1n) is 6.96. The van der Waals surface area contributed by atoms with Crippen LogP contribution in [0.3, 0.4) is 0 Å². The Labute approximate surface area is 106 Å². The molecule has 0 bridgehead atoms. The second-order valence-corrected chi connectivity index (χ2v) is 4.77. The predicted octanol–water partition coefficient (Wildman–Crippen LogP) is 4.52. The van der Waals surface area contributed by atoms with Crippen molar-refractivity contribution in [3.8, 4) is 0 Å². The molecule has 0 aliphatic rings. The van der Waals surface area contributed by atoms with Crippen LogP contribution in [0.2, 0.25) is 0 Å². The number of hydrogen-bond acceptors (Lipinski definition) is 1. The lowest BCUT2D eigenvalue weighted by Gasteiger charge is -2.16. The Bertz CT molecular complexity index is 314. The van der Waals surface area contributed by atoms with Gasteiger partial charge in [0.05, 0.1) is 5.69 Å². The minimum atomic E-state index is 0.863. The molecule has 0 aliphatic heterocycles. The summed E-state index contributed by atoms with van der Waals surface area (Å²) in [6.07, 6.45) is 11.7. The van der Waals surface area contributed by atoms with Gasteiger partial charge in [0.25, 0.3) is 0 Å². The Morgan fingerprint density at radius 2 is 2.12 bits per heavy atom. The van der Waals surface area contributed by atoms with Crippen molar-refractivity contribution in [2.75, 3.05) is 0 Å². The smallest absolute Gasteiger partial charge is 0.0603 e. The molecule has 0 aromatic carbocycles. The molecule has 0 N–H and O–H groups in total. The molecule has 1 heterocycles. The van der Waals surface area contributed by atoms with Crippen LogP contribution in [0.25, 0.3) is 6.08 Å². The van der Waals surface area contributed by atoms with E-state index in [1.54, 1.807) is 0 Å². The van der Waals surface area contributed by atoms with Gasteiger partial charge in [0.2, 0.25) is 0 Å². The van der Waals surface area contributed by atoms with Gasteiger partial charge in [-0.25, -0.2) is 0 Å². The summed E-state index contributed by atoms with van der Waals surface area (Å²) in [5.74, 6) is 0.863. The molecule has 0 amide bonds. The molecule has 0 saturated carbocycles. The van der Waals surface area contributed by atoms with E-state index in [1.807, 2.05) is 18.3 Å². The molecule has 1 aromatic rings. The van der Waals surface area contributed by atoms with Gasteiger partial charge in [0, 0.05) is 12.7 Å². The van der Waals surface area contributed by atoms with Crippen molar-refractivity contribution < 1.29 is 0 Å². The SMILES string of the molecule is C=Cc1ccnn1CCC(CCC)CCCC. The van der Waals surface area contributed by atoms with Gasteiger partial charge in [0.15, 0.2) is 0 Å². The van der Waals surface area contributed by atoms with E-state index in [2.05, 4.69) is 30.2 Å². The number of unbranched alkanes of at least 4 members (excludes halogenated alkanes) is 1. The summed E-state index contributed by atoms with van der Waals surface area (Å²) < 4.78 is 2.07. The summed E-state index contributed by atoms with van der Waals surface area (Å²) in [4.78, 5) is 0. The molecule has 1 atom stereocenters. The van der Waals surface area contributed by atoms with Crippen molar-refractivity contribution in [3.05, 3.63) is 24.5 Å². The van der Waals surface area contributed by atoms with E-state index in [0.717, 1.165) is 18.2 Å². The second kappa shape index (κ2) is 8.10. The quantitative estimate of drug-likeness (QED) is 0.614. The van der Waals surface area contributed by atoms with Crippen LogP contribution in [0.5, 0.6) is 0 Å². The van der Waals surface area contributed by atoms with Gasteiger partial charge in [0.1, 0.15) is 0 Å². The van der Waals surface area contributed by atoms with Gasteiger partial charge in [-0.3, -0.25) is 4.68 Å². The Morgan fingerprint density at radius 1 is 1.29 bits per heavy atom. The van der Waals surface area contributed by atoms with Crippen LogP contribution in [0.4, 0.5) is 0 Å². The maximum absolute atomic E-state index is 4.34. The monoisotopic (exact) mass is 234 g/mol. The van der Waals surface area contributed by atoms with Crippen LogP contribution in [0, 0.1) is 5.92 Å². The van der Waals surface area contributed by atoms with Crippen LogP contribution in [0.15, 0.2) is 18.8 Å². The summed E-state index contributed by atoms with van der Waals surface area (Å²) in [6.45, 7) is 9.40. The normalized spacial score (nSPS) is 12.6. The molecular weight excluding hydrogens is 208 g/mol. The zero-order valence-corrected chi connectivity index (χ0v) is 11.4. The number of aryl methyl sites for hydroxylation is 1. The first-order chi connectivity index (χ1) is 8.31. The molecule has 0 spiro atoms. The van der Waals surface area contributed by atoms with Crippen LogP contribution in [-0.2, 0) is 6.54 Å². The Balaban J connectivity index is 2.42. The highest BCUT2D eigenvalue weighted by molar-refractivity contribution is 5.40. The highest BCUT2D eigenvalue weighted by Gasteiger charge is 2.08. The van der Waals surface area contributed by atoms with Crippen LogP contribution in [0.1, 0.15) is 58.1 Å². The molecule has 0 radical (unpaired) electrons. The van der Waals surface area contributed by atoms with Crippen molar-refractivity contribution in [2.45, 2.75) is 58.9 Å². The molecule has 0 saturated heterocycles. The molecule has 1 aromatic heterocycles. The minimum absolute atomic E-state index is 0.863. The van der Waals surface area contributed by atoms with E-state index in [4.69, 9.17) is 0 Å². The Hall–Kier alpha value is -1.05. The summed E-state index contributed by atoms with van der Waals surface area (Å²) in [7, 11) is 0. The fourth-order valence-corrected chi connectivity index (χ4v) is 2.34. The van der Waals surface area contributed by atoms with E-state index < -0.39 is 0 Å². The Kier molecular flexibility index (Phi) is 6.68. The average Bonchev–Trinajstić information content (AvgIpc) is 2.80. The van der Waals surface area contributed by atoms with Crippen LogP contribution in [-0.4, -0.2) is 9.78 Å². The molecule has 1 rings (SSSR count). The number of nitrogens with zero attached hydrogens (tertiary/aromatic N) is 2. The topological polar surface area (TPSA) is 17.8 Å². The standard InChI is InChI=1S/C15H26N2/c1-4-7-9-14(8-5-2)11-13-17-15(6-3)10-12-16-17/h6,10,12,14H,3-5,7-9,11,13H2,1-2H3. The van der Waals surface area contributed by atoms with Gasteiger partial charge in [-0.05, 0) is 24.5 Å². The predicted molar refractivity (Wildman–Crippen MR) is 74.9 cm³/mol. The lowest BCUT2D eigenvalue weighted by molar-refractivity contribution is 0.369. The van der Waals surface area contributed by atoms with Gasteiger partial charge in [-0.15, -0.1) is 0 Å². The fraction of sp³-hybridized carbons (Fsp3) is 0.667. The van der Waals surface area contributed by atoms with Crippen LogP contribution >= 0.6 is 0 Å². The van der Waals surface area contributed by atoms with Crippen molar-refractivity contribution in [3.63, 3.8) is 0 Å². The highest BCUT2D eigenvalue weighted by atomic mass is 15.3. The number of hydrogen-bond donors (Lipinski definition) is 0. The summed E-state index contributed by atoms with van der Waals surface area (Å²) in [5, 5.41) is 4.34. The third-order valence-electron chi connectivity index (χ3n) is 3.37. The molecule has 2 nitrogen and oxygen atoms in total. The maximum Gasteiger partial charge on any atom is 0.0603 e. The van der Waals surface area contributed by atoms with Crippen LogP contribution < -0.4 is 0 Å². The Morgan fingerprint density at radius 3 is 2.76 bits per heavy atom. The molecule has 0 fully saturated rings. The first-order valence-corrected chi connectivity index (χ1v) is 6.96. The van der Waals surface area contributed by atoms with Crippen molar-refractivity contribution in [2.24, 2.45) is 5.92 Å². The van der Waals surface area contributed by atoms with E-state index in [-0.39, 0.29) is 0 Å². The second-order valence-electron chi connectivity index (χ2n) is 4.77. The van der Waals surface area contributed by atoms with E-state index in [0.29, 0.717) is 0 Å². The zero-order chi connectivity index (χ0) is 12.5. The van der Waals surface area contributed by atoms with E-state index >= 15 is 0 Å². The van der Waals surface area contributed by atoms with E-state index in [9.17, 15) is 0 Å².